The van der Waals surface area contributed by atoms with Gasteiger partial charge in [0.25, 0.3) is 0 Å². The van der Waals surface area contributed by atoms with Crippen molar-refractivity contribution in [2.24, 2.45) is 0 Å². The van der Waals surface area contributed by atoms with Gasteiger partial charge in [0.2, 0.25) is 15.9 Å². The van der Waals surface area contributed by atoms with Gasteiger partial charge in [0.1, 0.15) is 6.54 Å². The molecule has 130 valence electrons. The second kappa shape index (κ2) is 7.67. The van der Waals surface area contributed by atoms with Gasteiger partial charge in [-0.05, 0) is 30.7 Å². The van der Waals surface area contributed by atoms with Crippen LogP contribution in [0.5, 0.6) is 0 Å². The first-order valence-electron chi connectivity index (χ1n) is 6.97. The summed E-state index contributed by atoms with van der Waals surface area (Å²) in [6.07, 6.45) is -1.99. The van der Waals surface area contributed by atoms with Gasteiger partial charge < -0.3 is 5.32 Å². The van der Waals surface area contributed by atoms with E-state index in [1.54, 1.807) is 0 Å². The maximum Gasteiger partial charge on any atom is 0.416 e. The van der Waals surface area contributed by atoms with Gasteiger partial charge in [0.15, 0.2) is 0 Å². The highest BCUT2D eigenvalue weighted by Gasteiger charge is 2.30. The number of amides is 1. The van der Waals surface area contributed by atoms with Crippen LogP contribution in [0.25, 0.3) is 0 Å². The molecule has 0 aliphatic heterocycles. The van der Waals surface area contributed by atoms with Crippen molar-refractivity contribution >= 4 is 21.6 Å². The molecule has 9 heteroatoms. The second-order valence-electron chi connectivity index (χ2n) is 5.02. The fourth-order valence-electron chi connectivity index (χ4n) is 1.81. The molecule has 0 radical (unpaired) electrons. The SMILES string of the molecule is CCCCNC(=O)CN(c1ccc(C(F)(F)F)cc1)S(C)(=O)=O. The van der Waals surface area contributed by atoms with Gasteiger partial charge in [-0.25, -0.2) is 8.42 Å². The molecular weight excluding hydrogens is 333 g/mol. The molecule has 1 rings (SSSR count). The zero-order chi connectivity index (χ0) is 17.7. The molecule has 23 heavy (non-hydrogen) atoms. The van der Waals surface area contributed by atoms with Crippen molar-refractivity contribution in [1.29, 1.82) is 0 Å². The van der Waals surface area contributed by atoms with Crippen molar-refractivity contribution in [2.75, 3.05) is 23.7 Å². The molecule has 1 N–H and O–H groups in total. The van der Waals surface area contributed by atoms with E-state index < -0.39 is 34.2 Å². The summed E-state index contributed by atoms with van der Waals surface area (Å²) < 4.78 is 62.0. The van der Waals surface area contributed by atoms with E-state index in [1.807, 2.05) is 6.92 Å². The number of anilines is 1. The Hall–Kier alpha value is -1.77. The Morgan fingerprint density at radius 1 is 1.22 bits per heavy atom. The summed E-state index contributed by atoms with van der Waals surface area (Å²) in [5, 5.41) is 2.57. The molecule has 5 nitrogen and oxygen atoms in total. The van der Waals surface area contributed by atoms with Crippen molar-refractivity contribution in [3.05, 3.63) is 29.8 Å². The fourth-order valence-corrected chi connectivity index (χ4v) is 2.66. The van der Waals surface area contributed by atoms with Gasteiger partial charge in [0, 0.05) is 6.54 Å². The lowest BCUT2D eigenvalue weighted by molar-refractivity contribution is -0.137. The van der Waals surface area contributed by atoms with E-state index in [1.165, 1.54) is 0 Å². The lowest BCUT2D eigenvalue weighted by Crippen LogP contribution is -2.40. The molecule has 1 amide bonds. The fraction of sp³-hybridized carbons (Fsp3) is 0.500. The Labute approximate surface area is 133 Å². The summed E-state index contributed by atoms with van der Waals surface area (Å²) >= 11 is 0. The van der Waals surface area contributed by atoms with Gasteiger partial charge in [-0.3, -0.25) is 9.10 Å². The summed E-state index contributed by atoms with van der Waals surface area (Å²) in [4.78, 5) is 11.8. The molecule has 0 aliphatic rings. The van der Waals surface area contributed by atoms with Gasteiger partial charge in [0.05, 0.1) is 17.5 Å². The van der Waals surface area contributed by atoms with Crippen LogP contribution in [0.2, 0.25) is 0 Å². The molecule has 0 aromatic heterocycles. The number of sulfonamides is 1. The normalized spacial score (nSPS) is 12.0. The van der Waals surface area contributed by atoms with E-state index in [0.29, 0.717) is 6.54 Å². The van der Waals surface area contributed by atoms with Crippen LogP contribution in [-0.4, -0.2) is 33.7 Å². The van der Waals surface area contributed by atoms with Crippen molar-refractivity contribution in [3.8, 4) is 0 Å². The number of benzene rings is 1. The highest BCUT2D eigenvalue weighted by atomic mass is 32.2. The predicted octanol–water partition coefficient (Wildman–Crippen LogP) is 2.39. The number of halogens is 3. The van der Waals surface area contributed by atoms with Crippen LogP contribution in [-0.2, 0) is 21.0 Å². The largest absolute Gasteiger partial charge is 0.416 e. The van der Waals surface area contributed by atoms with Crippen molar-refractivity contribution in [2.45, 2.75) is 25.9 Å². The molecule has 0 fully saturated rings. The Balaban J connectivity index is 2.93. The average Bonchev–Trinajstić information content (AvgIpc) is 2.43. The van der Waals surface area contributed by atoms with Gasteiger partial charge in [-0.1, -0.05) is 13.3 Å². The minimum Gasteiger partial charge on any atom is -0.355 e. The summed E-state index contributed by atoms with van der Waals surface area (Å²) in [7, 11) is -3.80. The first-order chi connectivity index (χ1) is 10.6. The molecule has 0 unspecified atom stereocenters. The van der Waals surface area contributed by atoms with Gasteiger partial charge in [-0.15, -0.1) is 0 Å². The number of nitrogens with zero attached hydrogens (tertiary/aromatic N) is 1. The van der Waals surface area contributed by atoms with E-state index in [9.17, 15) is 26.4 Å². The Kier molecular flexibility index (Phi) is 6.43. The predicted molar refractivity (Wildman–Crippen MR) is 81.6 cm³/mol. The molecule has 0 bridgehead atoms. The van der Waals surface area contributed by atoms with Crippen LogP contribution in [0.4, 0.5) is 18.9 Å². The van der Waals surface area contributed by atoms with E-state index >= 15 is 0 Å². The first-order valence-corrected chi connectivity index (χ1v) is 8.82. The van der Waals surface area contributed by atoms with Crippen LogP contribution in [0.3, 0.4) is 0 Å². The molecule has 0 saturated heterocycles. The third-order valence-corrected chi connectivity index (χ3v) is 4.16. The molecule has 1 aromatic carbocycles. The smallest absolute Gasteiger partial charge is 0.355 e. The van der Waals surface area contributed by atoms with E-state index in [4.69, 9.17) is 0 Å². The topological polar surface area (TPSA) is 66.5 Å². The summed E-state index contributed by atoms with van der Waals surface area (Å²) in [6.45, 7) is 1.88. The summed E-state index contributed by atoms with van der Waals surface area (Å²) in [5.74, 6) is -0.510. The lowest BCUT2D eigenvalue weighted by Gasteiger charge is -2.22. The molecule has 0 heterocycles. The highest BCUT2D eigenvalue weighted by Crippen LogP contribution is 2.30. The number of carbonyl (C=O) groups excluding carboxylic acids is 1. The molecular formula is C14H19F3N2O3S. The van der Waals surface area contributed by atoms with Gasteiger partial charge >= 0.3 is 6.18 Å². The Morgan fingerprint density at radius 3 is 2.22 bits per heavy atom. The Morgan fingerprint density at radius 2 is 1.78 bits per heavy atom. The number of carbonyl (C=O) groups is 1. The lowest BCUT2D eigenvalue weighted by atomic mass is 10.2. The average molecular weight is 352 g/mol. The van der Waals surface area contributed by atoms with Crippen LogP contribution < -0.4 is 9.62 Å². The van der Waals surface area contributed by atoms with Crippen LogP contribution >= 0.6 is 0 Å². The second-order valence-corrected chi connectivity index (χ2v) is 6.92. The zero-order valence-electron chi connectivity index (χ0n) is 12.9. The van der Waals surface area contributed by atoms with Gasteiger partial charge in [-0.2, -0.15) is 13.2 Å². The highest BCUT2D eigenvalue weighted by molar-refractivity contribution is 7.92. The summed E-state index contributed by atoms with van der Waals surface area (Å²) in [5.41, 5.74) is -0.881. The molecule has 1 aromatic rings. The maximum atomic E-state index is 12.5. The molecule has 0 spiro atoms. The number of unbranched alkanes of at least 4 members (excludes halogenated alkanes) is 1. The quantitative estimate of drug-likeness (QED) is 0.766. The van der Waals surface area contributed by atoms with Crippen molar-refractivity contribution < 1.29 is 26.4 Å². The first kappa shape index (κ1) is 19.3. The van der Waals surface area contributed by atoms with E-state index in [-0.39, 0.29) is 5.69 Å². The van der Waals surface area contributed by atoms with Crippen LogP contribution in [0.15, 0.2) is 24.3 Å². The zero-order valence-corrected chi connectivity index (χ0v) is 13.7. The summed E-state index contributed by atoms with van der Waals surface area (Å²) in [6, 6.07) is 3.62. The third kappa shape index (κ3) is 6.09. The number of rotatable bonds is 7. The maximum absolute atomic E-state index is 12.5. The number of alkyl halides is 3. The molecule has 0 aliphatic carbocycles. The van der Waals surface area contributed by atoms with Crippen LogP contribution in [0, 0.1) is 0 Å². The molecule has 0 atom stereocenters. The minimum atomic E-state index is -4.51. The van der Waals surface area contributed by atoms with E-state index in [2.05, 4.69) is 5.32 Å². The Bertz CT molecular complexity index is 628. The molecule has 0 saturated carbocycles. The van der Waals surface area contributed by atoms with Crippen molar-refractivity contribution in [3.63, 3.8) is 0 Å². The standard InChI is InChI=1S/C14H19F3N2O3S/c1-3-4-9-18-13(20)10-19(23(2,21)22)12-7-5-11(6-8-12)14(15,16)17/h5-8H,3-4,9-10H2,1-2H3,(H,18,20). The third-order valence-electron chi connectivity index (χ3n) is 3.02. The van der Waals surface area contributed by atoms with Crippen molar-refractivity contribution in [1.82, 2.24) is 5.32 Å². The number of hydrogen-bond donors (Lipinski definition) is 1. The minimum absolute atomic E-state index is 0.00569. The van der Waals surface area contributed by atoms with E-state index in [0.717, 1.165) is 47.7 Å². The van der Waals surface area contributed by atoms with Crippen LogP contribution in [0.1, 0.15) is 25.3 Å². The monoisotopic (exact) mass is 352 g/mol. The number of nitrogens with one attached hydrogen (secondary N) is 1. The number of hydrogen-bond acceptors (Lipinski definition) is 3.